The molecule has 0 aromatic heterocycles. The maximum atomic E-state index is 8.98. The Bertz CT molecular complexity index is 132. The van der Waals surface area contributed by atoms with E-state index in [4.69, 9.17) is 10.2 Å². The molecule has 1 rings (SSSR count). The van der Waals surface area contributed by atoms with Crippen LogP contribution in [0.5, 0.6) is 0 Å². The van der Waals surface area contributed by atoms with E-state index in [0.29, 0.717) is 11.7 Å². The van der Waals surface area contributed by atoms with Crippen LogP contribution >= 0.6 is 0 Å². The lowest BCUT2D eigenvalue weighted by molar-refractivity contribution is 0.216. The molecule has 0 saturated heterocycles. The second kappa shape index (κ2) is 6.96. The fraction of sp³-hybridized carbons (Fsp3) is 0.818. The zero-order valence-electron chi connectivity index (χ0n) is 8.79. The molecule has 0 unspecified atom stereocenters. The first kappa shape index (κ1) is 12.5. The molecule has 0 amide bonds. The smallest absolute Gasteiger partial charge is 0.0881 e. The molecule has 1 fully saturated rings. The highest BCUT2D eigenvalue weighted by atomic mass is 16.3. The molecule has 0 spiro atoms. The molecule has 2 nitrogen and oxygen atoms in total. The van der Waals surface area contributed by atoms with E-state index < -0.39 is 0 Å². The molecular weight excluding hydrogens is 164 g/mol. The van der Waals surface area contributed by atoms with Crippen molar-refractivity contribution in [3.63, 3.8) is 0 Å². The van der Waals surface area contributed by atoms with Crippen LogP contribution in [-0.2, 0) is 0 Å². The van der Waals surface area contributed by atoms with E-state index >= 15 is 0 Å². The lowest BCUT2D eigenvalue weighted by atomic mass is 9.88. The third-order valence-electron chi connectivity index (χ3n) is 2.08. The van der Waals surface area contributed by atoms with Gasteiger partial charge in [0.05, 0.1) is 5.76 Å². The van der Waals surface area contributed by atoms with Gasteiger partial charge < -0.3 is 10.2 Å². The molecule has 78 valence electrons. The van der Waals surface area contributed by atoms with Crippen LogP contribution in [0, 0.1) is 5.92 Å². The second-order valence-electron chi connectivity index (χ2n) is 3.92. The molecule has 0 heterocycles. The molecule has 13 heavy (non-hydrogen) atoms. The molecule has 0 aromatic rings. The topological polar surface area (TPSA) is 40.5 Å². The molecule has 1 saturated carbocycles. The predicted molar refractivity (Wildman–Crippen MR) is 55.7 cm³/mol. The summed E-state index contributed by atoms with van der Waals surface area (Å²) in [5, 5.41) is 17.0. The van der Waals surface area contributed by atoms with Crippen molar-refractivity contribution in [1.82, 2.24) is 0 Å². The number of allylic oxidation sites excluding steroid dienone is 1. The van der Waals surface area contributed by atoms with Crippen molar-refractivity contribution in [3.8, 4) is 0 Å². The van der Waals surface area contributed by atoms with E-state index in [1.807, 2.05) is 0 Å². The molecule has 0 radical (unpaired) electrons. The van der Waals surface area contributed by atoms with Gasteiger partial charge >= 0.3 is 0 Å². The second-order valence-corrected chi connectivity index (χ2v) is 3.92. The Morgan fingerprint density at radius 3 is 1.85 bits per heavy atom. The predicted octanol–water partition coefficient (Wildman–Crippen LogP) is 3.03. The lowest BCUT2D eigenvalue weighted by Crippen LogP contribution is -2.07. The minimum Gasteiger partial charge on any atom is -0.513 e. The first-order chi connectivity index (χ1) is 6.04. The Labute approximate surface area is 81.3 Å². The largest absolute Gasteiger partial charge is 0.513 e. The Kier molecular flexibility index (Phi) is 6.69. The number of hydrogen-bond acceptors (Lipinski definition) is 2. The SMILES string of the molecule is C=C(O)C1CCCCC1.CC(C)O. The molecule has 1 aliphatic rings. The van der Waals surface area contributed by atoms with Crippen LogP contribution in [0.2, 0.25) is 0 Å². The van der Waals surface area contributed by atoms with Crippen molar-refractivity contribution in [2.45, 2.75) is 52.1 Å². The minimum atomic E-state index is -0.167. The van der Waals surface area contributed by atoms with Crippen LogP contribution in [0.25, 0.3) is 0 Å². The van der Waals surface area contributed by atoms with Gasteiger partial charge in [-0.3, -0.25) is 0 Å². The highest BCUT2D eigenvalue weighted by Crippen LogP contribution is 2.27. The van der Waals surface area contributed by atoms with Crippen LogP contribution in [0.4, 0.5) is 0 Å². The first-order valence-corrected chi connectivity index (χ1v) is 5.10. The van der Waals surface area contributed by atoms with Crippen LogP contribution in [-0.4, -0.2) is 16.3 Å². The van der Waals surface area contributed by atoms with Crippen molar-refractivity contribution < 1.29 is 10.2 Å². The van der Waals surface area contributed by atoms with Gasteiger partial charge in [0, 0.05) is 12.0 Å². The van der Waals surface area contributed by atoms with E-state index in [2.05, 4.69) is 6.58 Å². The summed E-state index contributed by atoms with van der Waals surface area (Å²) in [6.07, 6.45) is 6.00. The Balaban J connectivity index is 0.000000310. The lowest BCUT2D eigenvalue weighted by Gasteiger charge is -2.19. The summed E-state index contributed by atoms with van der Waals surface area (Å²) in [6, 6.07) is 0. The van der Waals surface area contributed by atoms with Crippen molar-refractivity contribution in [1.29, 1.82) is 0 Å². The fourth-order valence-electron chi connectivity index (χ4n) is 1.44. The van der Waals surface area contributed by atoms with Crippen molar-refractivity contribution >= 4 is 0 Å². The third-order valence-corrected chi connectivity index (χ3v) is 2.08. The van der Waals surface area contributed by atoms with E-state index in [-0.39, 0.29) is 6.10 Å². The van der Waals surface area contributed by atoms with Crippen LogP contribution < -0.4 is 0 Å². The third kappa shape index (κ3) is 7.85. The molecule has 0 atom stereocenters. The van der Waals surface area contributed by atoms with Crippen molar-refractivity contribution in [3.05, 3.63) is 12.3 Å². The number of rotatable bonds is 1. The summed E-state index contributed by atoms with van der Waals surface area (Å²) in [5.74, 6) is 0.813. The molecular formula is C11H22O2. The van der Waals surface area contributed by atoms with Gasteiger partial charge in [-0.2, -0.15) is 0 Å². The average molecular weight is 186 g/mol. The summed E-state index contributed by atoms with van der Waals surface area (Å²) in [4.78, 5) is 0. The van der Waals surface area contributed by atoms with Gasteiger partial charge in [0.1, 0.15) is 0 Å². The summed E-state index contributed by atoms with van der Waals surface area (Å²) >= 11 is 0. The maximum Gasteiger partial charge on any atom is 0.0881 e. The Morgan fingerprint density at radius 1 is 1.23 bits per heavy atom. The van der Waals surface area contributed by atoms with Crippen molar-refractivity contribution in [2.24, 2.45) is 5.92 Å². The quantitative estimate of drug-likeness (QED) is 0.618. The molecule has 0 bridgehead atoms. The van der Waals surface area contributed by atoms with Gasteiger partial charge in [-0.15, -0.1) is 0 Å². The van der Waals surface area contributed by atoms with Gasteiger partial charge in [-0.1, -0.05) is 25.8 Å². The van der Waals surface area contributed by atoms with Gasteiger partial charge in [0.15, 0.2) is 0 Å². The van der Waals surface area contributed by atoms with Crippen molar-refractivity contribution in [2.75, 3.05) is 0 Å². The maximum absolute atomic E-state index is 8.98. The summed E-state index contributed by atoms with van der Waals surface area (Å²) in [6.45, 7) is 6.98. The summed E-state index contributed by atoms with van der Waals surface area (Å²) in [5.41, 5.74) is 0. The highest BCUT2D eigenvalue weighted by molar-refractivity contribution is 4.89. The number of aliphatic hydroxyl groups excluding tert-OH is 2. The molecule has 2 heteroatoms. The normalized spacial score (nSPS) is 17.8. The van der Waals surface area contributed by atoms with Gasteiger partial charge in [0.25, 0.3) is 0 Å². The average Bonchev–Trinajstić information content (AvgIpc) is 2.05. The number of aliphatic hydroxyl groups is 2. The molecule has 0 aliphatic heterocycles. The van der Waals surface area contributed by atoms with E-state index in [0.717, 1.165) is 12.8 Å². The minimum absolute atomic E-state index is 0.167. The monoisotopic (exact) mass is 186 g/mol. The molecule has 1 aliphatic carbocycles. The van der Waals surface area contributed by atoms with Gasteiger partial charge in [-0.25, -0.2) is 0 Å². The van der Waals surface area contributed by atoms with Gasteiger partial charge in [-0.05, 0) is 26.7 Å². The van der Waals surface area contributed by atoms with Crippen LogP contribution in [0.3, 0.4) is 0 Å². The zero-order valence-corrected chi connectivity index (χ0v) is 8.79. The Morgan fingerprint density at radius 2 is 1.62 bits per heavy atom. The Hall–Kier alpha value is -0.500. The standard InChI is InChI=1S/C8H14O.C3H8O/c1-7(9)8-5-3-2-4-6-8;1-3(2)4/h8-9H,1-6H2;3-4H,1-2H3. The van der Waals surface area contributed by atoms with E-state index in [9.17, 15) is 0 Å². The van der Waals surface area contributed by atoms with E-state index in [1.165, 1.54) is 19.3 Å². The number of hydrogen-bond donors (Lipinski definition) is 2. The van der Waals surface area contributed by atoms with Crippen LogP contribution in [0.15, 0.2) is 12.3 Å². The van der Waals surface area contributed by atoms with Crippen LogP contribution in [0.1, 0.15) is 46.0 Å². The molecule has 0 aromatic carbocycles. The fourth-order valence-corrected chi connectivity index (χ4v) is 1.44. The zero-order chi connectivity index (χ0) is 10.3. The molecule has 2 N–H and O–H groups in total. The van der Waals surface area contributed by atoms with Gasteiger partial charge in [0.2, 0.25) is 0 Å². The summed E-state index contributed by atoms with van der Waals surface area (Å²) in [7, 11) is 0. The summed E-state index contributed by atoms with van der Waals surface area (Å²) < 4.78 is 0. The first-order valence-electron chi connectivity index (χ1n) is 5.10. The highest BCUT2D eigenvalue weighted by Gasteiger charge is 2.14. The van der Waals surface area contributed by atoms with E-state index in [1.54, 1.807) is 13.8 Å².